The van der Waals surface area contributed by atoms with Crippen molar-refractivity contribution in [3.8, 4) is 0 Å². The minimum Gasteiger partial charge on any atom is -0.381 e. The molecule has 0 amide bonds. The normalized spacial score (nSPS) is 34.9. The highest BCUT2D eigenvalue weighted by Gasteiger charge is 2.57. The van der Waals surface area contributed by atoms with Crippen molar-refractivity contribution in [1.29, 1.82) is 0 Å². The fourth-order valence-corrected chi connectivity index (χ4v) is 3.79. The molecule has 1 aromatic rings. The van der Waals surface area contributed by atoms with E-state index in [1.54, 1.807) is 18.3 Å². The molecule has 3 fully saturated rings. The van der Waals surface area contributed by atoms with Gasteiger partial charge in [-0.1, -0.05) is 6.07 Å². The molecule has 134 valence electrons. The SMILES string of the molecule is COC[C@]12COC(C[C@@H]1OP(=O)(O)OC)C(n1ccccc1=O)O2. The van der Waals surface area contributed by atoms with Crippen LogP contribution < -0.4 is 5.56 Å². The fraction of sp³-hybridized carbons (Fsp3) is 0.643. The summed E-state index contributed by atoms with van der Waals surface area (Å²) in [6, 6.07) is 4.78. The highest BCUT2D eigenvalue weighted by molar-refractivity contribution is 7.47. The Morgan fingerprint density at radius 3 is 2.92 bits per heavy atom. The van der Waals surface area contributed by atoms with Gasteiger partial charge in [0.25, 0.3) is 5.56 Å². The molecular formula is C14H20NO8P. The summed E-state index contributed by atoms with van der Waals surface area (Å²) in [4.78, 5) is 21.7. The highest BCUT2D eigenvalue weighted by atomic mass is 31.2. The molecule has 1 N–H and O–H groups in total. The number of aromatic nitrogens is 1. The molecule has 0 radical (unpaired) electrons. The lowest BCUT2D eigenvalue weighted by Crippen LogP contribution is -2.66. The van der Waals surface area contributed by atoms with Gasteiger partial charge in [0.15, 0.2) is 6.23 Å². The smallest absolute Gasteiger partial charge is 0.381 e. The lowest BCUT2D eigenvalue weighted by Gasteiger charge is -2.53. The molecule has 4 rings (SSSR count). The van der Waals surface area contributed by atoms with E-state index < -0.39 is 31.9 Å². The number of methoxy groups -OCH3 is 1. The first kappa shape index (κ1) is 17.8. The average Bonchev–Trinajstić information content (AvgIpc) is 2.56. The first-order chi connectivity index (χ1) is 11.4. The van der Waals surface area contributed by atoms with E-state index in [2.05, 4.69) is 4.52 Å². The van der Waals surface area contributed by atoms with E-state index in [0.29, 0.717) is 0 Å². The Balaban J connectivity index is 1.91. The van der Waals surface area contributed by atoms with Gasteiger partial charge in [-0.25, -0.2) is 4.57 Å². The summed E-state index contributed by atoms with van der Waals surface area (Å²) < 4.78 is 40.0. The first-order valence-corrected chi connectivity index (χ1v) is 8.93. The number of fused-ring (bicyclic) bond motifs is 3. The van der Waals surface area contributed by atoms with E-state index in [0.717, 1.165) is 7.11 Å². The zero-order valence-corrected chi connectivity index (χ0v) is 14.3. The van der Waals surface area contributed by atoms with E-state index in [9.17, 15) is 14.3 Å². The molecule has 3 aliphatic heterocycles. The van der Waals surface area contributed by atoms with Crippen molar-refractivity contribution >= 4 is 7.82 Å². The van der Waals surface area contributed by atoms with Crippen LogP contribution in [0.4, 0.5) is 0 Å². The van der Waals surface area contributed by atoms with E-state index in [1.165, 1.54) is 17.7 Å². The largest absolute Gasteiger partial charge is 0.472 e. The van der Waals surface area contributed by atoms with Crippen molar-refractivity contribution in [3.05, 3.63) is 34.7 Å². The Kier molecular flexibility index (Phi) is 4.94. The third-order valence-electron chi connectivity index (χ3n) is 4.25. The molecule has 9 nitrogen and oxygen atoms in total. The van der Waals surface area contributed by atoms with E-state index in [1.807, 2.05) is 0 Å². The highest BCUT2D eigenvalue weighted by Crippen LogP contribution is 2.51. The van der Waals surface area contributed by atoms with Crippen molar-refractivity contribution in [1.82, 2.24) is 4.57 Å². The van der Waals surface area contributed by atoms with Crippen molar-refractivity contribution < 1.29 is 32.7 Å². The predicted octanol–water partition coefficient (Wildman–Crippen LogP) is 0.683. The van der Waals surface area contributed by atoms with Crippen LogP contribution in [0.25, 0.3) is 0 Å². The molecule has 1 aromatic heterocycles. The molecule has 0 aromatic carbocycles. The zero-order chi connectivity index (χ0) is 17.4. The summed E-state index contributed by atoms with van der Waals surface area (Å²) in [6.07, 6.45) is -0.0422. The summed E-state index contributed by atoms with van der Waals surface area (Å²) >= 11 is 0. The average molecular weight is 361 g/mol. The molecule has 0 spiro atoms. The predicted molar refractivity (Wildman–Crippen MR) is 81.5 cm³/mol. The minimum absolute atomic E-state index is 0.0756. The Hall–Kier alpha value is -1.06. The Morgan fingerprint density at radius 2 is 2.25 bits per heavy atom. The molecule has 3 aliphatic rings. The van der Waals surface area contributed by atoms with Gasteiger partial charge in [0, 0.05) is 32.9 Å². The number of ether oxygens (including phenoxy) is 3. The monoisotopic (exact) mass is 361 g/mol. The summed E-state index contributed by atoms with van der Waals surface area (Å²) in [5.41, 5.74) is -1.34. The topological polar surface area (TPSA) is 105 Å². The van der Waals surface area contributed by atoms with Crippen LogP contribution in [0.1, 0.15) is 12.6 Å². The molecule has 3 saturated heterocycles. The van der Waals surface area contributed by atoms with Crippen LogP contribution in [0, 0.1) is 0 Å². The van der Waals surface area contributed by atoms with E-state index >= 15 is 0 Å². The molecule has 2 bridgehead atoms. The fourth-order valence-electron chi connectivity index (χ4n) is 3.10. The minimum atomic E-state index is -4.20. The molecule has 0 saturated carbocycles. The number of phosphoric ester groups is 1. The van der Waals surface area contributed by atoms with Gasteiger partial charge in [-0.05, 0) is 6.07 Å². The summed E-state index contributed by atoms with van der Waals surface area (Å²) in [5.74, 6) is 0. The summed E-state index contributed by atoms with van der Waals surface area (Å²) in [5, 5.41) is 0. The van der Waals surface area contributed by atoms with Crippen LogP contribution in [-0.4, -0.2) is 54.7 Å². The van der Waals surface area contributed by atoms with Gasteiger partial charge >= 0.3 is 7.82 Å². The number of pyridine rings is 1. The van der Waals surface area contributed by atoms with Crippen molar-refractivity contribution in [2.45, 2.75) is 30.5 Å². The molecule has 24 heavy (non-hydrogen) atoms. The van der Waals surface area contributed by atoms with Crippen LogP contribution in [0.3, 0.4) is 0 Å². The number of phosphoric acid groups is 1. The van der Waals surface area contributed by atoms with Crippen LogP contribution in [-0.2, 0) is 27.8 Å². The second kappa shape index (κ2) is 6.68. The Morgan fingerprint density at radius 1 is 1.46 bits per heavy atom. The molecule has 4 heterocycles. The molecular weight excluding hydrogens is 341 g/mol. The van der Waals surface area contributed by atoms with Gasteiger partial charge < -0.3 is 19.1 Å². The van der Waals surface area contributed by atoms with Gasteiger partial charge in [0.05, 0.1) is 13.2 Å². The maximum absolute atomic E-state index is 12.1. The Labute approximate surface area is 138 Å². The van der Waals surface area contributed by atoms with E-state index in [4.69, 9.17) is 18.7 Å². The lowest BCUT2D eigenvalue weighted by atomic mass is 9.86. The maximum atomic E-state index is 12.1. The van der Waals surface area contributed by atoms with Crippen molar-refractivity contribution in [2.75, 3.05) is 27.4 Å². The van der Waals surface area contributed by atoms with Gasteiger partial charge in [0.2, 0.25) is 0 Å². The van der Waals surface area contributed by atoms with Crippen molar-refractivity contribution in [3.63, 3.8) is 0 Å². The van der Waals surface area contributed by atoms with Gasteiger partial charge in [-0.15, -0.1) is 0 Å². The third kappa shape index (κ3) is 3.21. The van der Waals surface area contributed by atoms with Gasteiger partial charge in [-0.3, -0.25) is 18.4 Å². The summed E-state index contributed by atoms with van der Waals surface area (Å²) in [6.45, 7) is 0.199. The summed E-state index contributed by atoms with van der Waals surface area (Å²) in [7, 11) is -1.63. The van der Waals surface area contributed by atoms with Crippen LogP contribution >= 0.6 is 7.82 Å². The van der Waals surface area contributed by atoms with E-state index in [-0.39, 0.29) is 25.2 Å². The van der Waals surface area contributed by atoms with Crippen LogP contribution in [0.2, 0.25) is 0 Å². The third-order valence-corrected chi connectivity index (χ3v) is 5.24. The second-order valence-corrected chi connectivity index (χ2v) is 7.30. The number of nitrogens with zero attached hydrogens (tertiary/aromatic N) is 1. The van der Waals surface area contributed by atoms with Gasteiger partial charge in [-0.2, -0.15) is 0 Å². The number of rotatable bonds is 6. The standard InChI is InChI=1S/C14H20NO8P/c1-19-8-14-9-21-10(7-11(14)23-24(17,18)20-2)13(22-14)15-6-4-3-5-12(15)16/h3-6,10-11,13H,7-9H2,1-2H3,(H,17,18)/t10?,11-,13?,14-/m0/s1. The molecule has 3 unspecified atom stereocenters. The quantitative estimate of drug-likeness (QED) is 0.738. The Bertz CT molecular complexity index is 689. The molecule has 0 aliphatic carbocycles. The number of hydrogen-bond acceptors (Lipinski definition) is 7. The maximum Gasteiger partial charge on any atom is 0.472 e. The molecule has 10 heteroatoms. The van der Waals surface area contributed by atoms with Gasteiger partial charge in [0.1, 0.15) is 17.8 Å². The number of hydrogen-bond donors (Lipinski definition) is 1. The second-order valence-electron chi connectivity index (χ2n) is 5.78. The molecule has 5 atom stereocenters. The van der Waals surface area contributed by atoms with Crippen molar-refractivity contribution in [2.24, 2.45) is 0 Å². The van der Waals surface area contributed by atoms with Crippen LogP contribution in [0.15, 0.2) is 29.2 Å². The van der Waals surface area contributed by atoms with Crippen LogP contribution in [0.5, 0.6) is 0 Å². The first-order valence-electron chi connectivity index (χ1n) is 7.43. The zero-order valence-electron chi connectivity index (χ0n) is 13.4. The lowest BCUT2D eigenvalue weighted by molar-refractivity contribution is -0.334.